The molecule has 1 aromatic carbocycles. The van der Waals surface area contributed by atoms with E-state index >= 15 is 0 Å². The number of benzene rings is 1. The van der Waals surface area contributed by atoms with Gasteiger partial charge in [0, 0.05) is 24.7 Å². The Morgan fingerprint density at radius 2 is 2.19 bits per heavy atom. The third kappa shape index (κ3) is 1.94. The van der Waals surface area contributed by atoms with Gasteiger partial charge in [-0.1, -0.05) is 26.0 Å². The van der Waals surface area contributed by atoms with Gasteiger partial charge in [0.2, 0.25) is 0 Å². The number of hydrogen-bond acceptors (Lipinski definition) is 2. The lowest BCUT2D eigenvalue weighted by Crippen LogP contribution is -2.22. The number of rotatable bonds is 4. The summed E-state index contributed by atoms with van der Waals surface area (Å²) in [6, 6.07) is 6.39. The van der Waals surface area contributed by atoms with Gasteiger partial charge in [-0.05, 0) is 30.0 Å². The maximum Gasteiger partial charge on any atom is 0.0681 e. The van der Waals surface area contributed by atoms with Crippen LogP contribution in [0.4, 0.5) is 5.69 Å². The number of hydrogen-bond donors (Lipinski definition) is 1. The van der Waals surface area contributed by atoms with Crippen molar-refractivity contribution in [2.75, 3.05) is 18.0 Å². The molecule has 0 spiro atoms. The fraction of sp³-hybridized carbons (Fsp3) is 0.571. The largest absolute Gasteiger partial charge is 0.392 e. The van der Waals surface area contributed by atoms with Crippen molar-refractivity contribution >= 4 is 5.69 Å². The first-order valence-electron chi connectivity index (χ1n) is 6.28. The molecule has 1 heterocycles. The molecule has 1 aliphatic rings. The number of fused-ring (bicyclic) bond motifs is 1. The molecule has 2 nitrogen and oxygen atoms in total. The lowest BCUT2D eigenvalue weighted by molar-refractivity contribution is 0.281. The Morgan fingerprint density at radius 1 is 1.38 bits per heavy atom. The molecule has 0 saturated carbocycles. The molecule has 1 aliphatic heterocycles. The molecule has 0 saturated heterocycles. The Labute approximate surface area is 97.9 Å². The monoisotopic (exact) mass is 219 g/mol. The van der Waals surface area contributed by atoms with Crippen molar-refractivity contribution in [1.82, 2.24) is 0 Å². The highest BCUT2D eigenvalue weighted by Crippen LogP contribution is 2.38. The first-order valence-corrected chi connectivity index (χ1v) is 6.28. The zero-order valence-electron chi connectivity index (χ0n) is 10.2. The van der Waals surface area contributed by atoms with Gasteiger partial charge in [-0.3, -0.25) is 0 Å². The second-order valence-corrected chi connectivity index (χ2v) is 4.60. The number of nitrogens with zero attached hydrogens (tertiary/aromatic N) is 1. The molecule has 16 heavy (non-hydrogen) atoms. The van der Waals surface area contributed by atoms with Crippen LogP contribution >= 0.6 is 0 Å². The summed E-state index contributed by atoms with van der Waals surface area (Å²) in [5.41, 5.74) is 3.85. The minimum Gasteiger partial charge on any atom is -0.392 e. The SMILES string of the molecule is CCCN1CC(CC)c2cc(CO)ccc21. The van der Waals surface area contributed by atoms with Crippen molar-refractivity contribution in [2.24, 2.45) is 0 Å². The van der Waals surface area contributed by atoms with Crippen LogP contribution in [-0.2, 0) is 6.61 Å². The molecule has 1 aromatic rings. The lowest BCUT2D eigenvalue weighted by atomic mass is 9.97. The normalized spacial score (nSPS) is 18.9. The summed E-state index contributed by atoms with van der Waals surface area (Å²) in [6.07, 6.45) is 2.37. The van der Waals surface area contributed by atoms with Crippen LogP contribution in [0.3, 0.4) is 0 Å². The summed E-state index contributed by atoms with van der Waals surface area (Å²) in [4.78, 5) is 2.48. The molecule has 0 fully saturated rings. The van der Waals surface area contributed by atoms with E-state index < -0.39 is 0 Å². The Balaban J connectivity index is 2.33. The fourth-order valence-corrected chi connectivity index (χ4v) is 2.61. The molecule has 0 amide bonds. The van der Waals surface area contributed by atoms with Crippen LogP contribution in [0, 0.1) is 0 Å². The van der Waals surface area contributed by atoms with Gasteiger partial charge in [0.15, 0.2) is 0 Å². The minimum absolute atomic E-state index is 0.150. The van der Waals surface area contributed by atoms with Crippen molar-refractivity contribution in [3.05, 3.63) is 29.3 Å². The van der Waals surface area contributed by atoms with Gasteiger partial charge in [0.25, 0.3) is 0 Å². The Morgan fingerprint density at radius 3 is 2.81 bits per heavy atom. The fourth-order valence-electron chi connectivity index (χ4n) is 2.61. The van der Waals surface area contributed by atoms with Crippen molar-refractivity contribution in [3.63, 3.8) is 0 Å². The highest BCUT2D eigenvalue weighted by Gasteiger charge is 2.26. The van der Waals surface area contributed by atoms with Crippen molar-refractivity contribution in [3.8, 4) is 0 Å². The van der Waals surface area contributed by atoms with E-state index in [0.717, 1.165) is 18.7 Å². The van der Waals surface area contributed by atoms with Crippen molar-refractivity contribution in [1.29, 1.82) is 0 Å². The Kier molecular flexibility index (Phi) is 3.49. The second kappa shape index (κ2) is 4.88. The molecular weight excluding hydrogens is 198 g/mol. The number of aliphatic hydroxyl groups is 1. The topological polar surface area (TPSA) is 23.5 Å². The highest BCUT2D eigenvalue weighted by atomic mass is 16.3. The summed E-state index contributed by atoms with van der Waals surface area (Å²) < 4.78 is 0. The molecule has 2 rings (SSSR count). The molecule has 2 heteroatoms. The second-order valence-electron chi connectivity index (χ2n) is 4.60. The van der Waals surface area contributed by atoms with E-state index in [1.807, 2.05) is 6.07 Å². The first kappa shape index (κ1) is 11.5. The van der Waals surface area contributed by atoms with Crippen LogP contribution in [0.25, 0.3) is 0 Å². The van der Waals surface area contributed by atoms with Crippen LogP contribution in [0.5, 0.6) is 0 Å². The molecular formula is C14H21NO. The predicted octanol–water partition coefficient (Wildman–Crippen LogP) is 2.90. The summed E-state index contributed by atoms with van der Waals surface area (Å²) in [5.74, 6) is 0.646. The van der Waals surface area contributed by atoms with E-state index in [4.69, 9.17) is 0 Å². The van der Waals surface area contributed by atoms with E-state index in [-0.39, 0.29) is 6.61 Å². The van der Waals surface area contributed by atoms with Crippen LogP contribution in [0.15, 0.2) is 18.2 Å². The first-order chi connectivity index (χ1) is 7.80. The van der Waals surface area contributed by atoms with Gasteiger partial charge in [0.1, 0.15) is 0 Å². The van der Waals surface area contributed by atoms with Crippen LogP contribution in [0.2, 0.25) is 0 Å². The minimum atomic E-state index is 0.150. The number of aliphatic hydroxyl groups excluding tert-OH is 1. The number of anilines is 1. The van der Waals surface area contributed by atoms with Gasteiger partial charge in [-0.15, -0.1) is 0 Å². The average molecular weight is 219 g/mol. The smallest absolute Gasteiger partial charge is 0.0681 e. The van der Waals surface area contributed by atoms with Gasteiger partial charge >= 0.3 is 0 Å². The Hall–Kier alpha value is -1.02. The van der Waals surface area contributed by atoms with Gasteiger partial charge < -0.3 is 10.0 Å². The lowest BCUT2D eigenvalue weighted by Gasteiger charge is -2.18. The molecule has 0 bridgehead atoms. The van der Waals surface area contributed by atoms with Crippen LogP contribution in [-0.4, -0.2) is 18.2 Å². The highest BCUT2D eigenvalue weighted by molar-refractivity contribution is 5.61. The van der Waals surface area contributed by atoms with E-state index in [2.05, 4.69) is 30.9 Å². The predicted molar refractivity (Wildman–Crippen MR) is 67.9 cm³/mol. The van der Waals surface area contributed by atoms with E-state index in [1.54, 1.807) is 0 Å². The van der Waals surface area contributed by atoms with Crippen molar-refractivity contribution < 1.29 is 5.11 Å². The van der Waals surface area contributed by atoms with Crippen LogP contribution < -0.4 is 4.90 Å². The summed E-state index contributed by atoms with van der Waals surface area (Å²) in [7, 11) is 0. The van der Waals surface area contributed by atoms with E-state index in [0.29, 0.717) is 5.92 Å². The summed E-state index contributed by atoms with van der Waals surface area (Å²) in [6.45, 7) is 6.91. The third-order valence-electron chi connectivity index (χ3n) is 3.48. The summed E-state index contributed by atoms with van der Waals surface area (Å²) >= 11 is 0. The van der Waals surface area contributed by atoms with Gasteiger partial charge in [-0.25, -0.2) is 0 Å². The maximum absolute atomic E-state index is 9.18. The Bertz CT molecular complexity index is 362. The summed E-state index contributed by atoms with van der Waals surface area (Å²) in [5, 5.41) is 9.18. The van der Waals surface area contributed by atoms with Crippen molar-refractivity contribution in [2.45, 2.75) is 39.2 Å². The zero-order chi connectivity index (χ0) is 11.5. The molecule has 0 aliphatic carbocycles. The van der Waals surface area contributed by atoms with E-state index in [9.17, 15) is 5.11 Å². The average Bonchev–Trinajstić information content (AvgIpc) is 2.67. The molecule has 1 N–H and O–H groups in total. The molecule has 1 unspecified atom stereocenters. The maximum atomic E-state index is 9.18. The molecule has 1 atom stereocenters. The third-order valence-corrected chi connectivity index (χ3v) is 3.48. The standard InChI is InChI=1S/C14H21NO/c1-3-7-15-9-12(4-2)13-8-11(10-16)5-6-14(13)15/h5-6,8,12,16H,3-4,7,9-10H2,1-2H3. The van der Waals surface area contributed by atoms with E-state index in [1.165, 1.54) is 24.1 Å². The van der Waals surface area contributed by atoms with Gasteiger partial charge in [0.05, 0.1) is 6.61 Å². The molecule has 0 radical (unpaired) electrons. The molecule has 0 aromatic heterocycles. The quantitative estimate of drug-likeness (QED) is 0.841. The zero-order valence-corrected chi connectivity index (χ0v) is 10.2. The van der Waals surface area contributed by atoms with Gasteiger partial charge in [-0.2, -0.15) is 0 Å². The van der Waals surface area contributed by atoms with Crippen LogP contribution in [0.1, 0.15) is 43.7 Å². The molecule has 88 valence electrons.